The van der Waals surface area contributed by atoms with Crippen molar-refractivity contribution in [2.75, 3.05) is 12.3 Å². The van der Waals surface area contributed by atoms with E-state index in [4.69, 9.17) is 10.5 Å². The lowest BCUT2D eigenvalue weighted by molar-refractivity contribution is -0.151. The van der Waals surface area contributed by atoms with Gasteiger partial charge < -0.3 is 21.1 Å². The fourth-order valence-electron chi connectivity index (χ4n) is 5.82. The minimum Gasteiger partial charge on any atom is -0.458 e. The number of benzene rings is 3. The van der Waals surface area contributed by atoms with Gasteiger partial charge >= 0.3 is 5.97 Å². The predicted octanol–water partition coefficient (Wildman–Crippen LogP) is 5.84. The van der Waals surface area contributed by atoms with Crippen LogP contribution in [0.3, 0.4) is 0 Å². The second kappa shape index (κ2) is 19.5. The highest BCUT2D eigenvalue weighted by Crippen LogP contribution is 2.19. The number of carbonyl (C=O) groups excluding carboxylic acids is 2. The zero-order valence-electron chi connectivity index (χ0n) is 29.0. The van der Waals surface area contributed by atoms with Crippen LogP contribution < -0.4 is 16.4 Å². The van der Waals surface area contributed by atoms with Crippen molar-refractivity contribution in [1.29, 1.82) is 0 Å². The number of hydrogen-bond acceptors (Lipinski definition) is 7. The molecule has 0 heterocycles. The summed E-state index contributed by atoms with van der Waals surface area (Å²) < 4.78 is 61.3. The molecule has 0 spiro atoms. The molecule has 8 nitrogen and oxygen atoms in total. The molecule has 11 heteroatoms. The maximum atomic E-state index is 14.0. The van der Waals surface area contributed by atoms with Crippen LogP contribution in [0.5, 0.6) is 0 Å². The number of ether oxygens (including phenoxy) is 1. The third-order valence-electron chi connectivity index (χ3n) is 8.53. The van der Waals surface area contributed by atoms with Crippen molar-refractivity contribution in [2.45, 2.75) is 103 Å². The molecule has 0 aliphatic heterocycles. The standard InChI is InChI=1S/C38H51F2N3O5S/c1-5-11-33(12-6-2)49(46,47)25-35(43-37(44)30-16-10-14-27(8-4)18-30)38(45)48-36(24-42-23-28-15-9-13-26(7-3)17-28)34(41)21-29-19-31(39)22-32(40)20-29/h9-10,13-20,22,33-36,42H,5-8,11-12,21,23-25,41H2,1-4H3,(H,43,44)/t34-,35-,36+/m0/s1. The lowest BCUT2D eigenvalue weighted by Gasteiger charge is -2.28. The predicted molar refractivity (Wildman–Crippen MR) is 190 cm³/mol. The third kappa shape index (κ3) is 12.6. The minimum absolute atomic E-state index is 0.0339. The Bertz CT molecular complexity index is 1610. The summed E-state index contributed by atoms with van der Waals surface area (Å²) in [4.78, 5) is 27.4. The van der Waals surface area contributed by atoms with Gasteiger partial charge in [-0.3, -0.25) is 4.79 Å². The van der Waals surface area contributed by atoms with Gasteiger partial charge in [0.1, 0.15) is 23.8 Å². The maximum Gasteiger partial charge on any atom is 0.330 e. The molecule has 268 valence electrons. The fraction of sp³-hybridized carbons (Fsp3) is 0.474. The van der Waals surface area contributed by atoms with Crippen LogP contribution in [0.2, 0.25) is 0 Å². The number of sulfone groups is 1. The molecular formula is C38H51F2N3O5S. The Kier molecular flexibility index (Phi) is 15.8. The van der Waals surface area contributed by atoms with Crippen molar-refractivity contribution in [1.82, 2.24) is 10.6 Å². The highest BCUT2D eigenvalue weighted by atomic mass is 32.2. The molecule has 4 N–H and O–H groups in total. The van der Waals surface area contributed by atoms with E-state index < -0.39 is 62.5 Å². The first kappa shape index (κ1) is 39.8. The van der Waals surface area contributed by atoms with Crippen LogP contribution in [0.15, 0.2) is 66.7 Å². The van der Waals surface area contributed by atoms with E-state index in [0.717, 1.165) is 41.3 Å². The number of halogens is 2. The number of esters is 1. The summed E-state index contributed by atoms with van der Waals surface area (Å²) in [5.74, 6) is -3.75. The molecule has 3 atom stereocenters. The van der Waals surface area contributed by atoms with E-state index >= 15 is 0 Å². The van der Waals surface area contributed by atoms with Gasteiger partial charge in [-0.2, -0.15) is 0 Å². The molecule has 0 bridgehead atoms. The largest absolute Gasteiger partial charge is 0.458 e. The van der Waals surface area contributed by atoms with Crippen LogP contribution in [0.25, 0.3) is 0 Å². The summed E-state index contributed by atoms with van der Waals surface area (Å²) in [5, 5.41) is 5.20. The molecule has 3 aromatic carbocycles. The molecule has 0 unspecified atom stereocenters. The Morgan fingerprint density at radius 1 is 0.816 bits per heavy atom. The SMILES string of the molecule is CCCC(CCC)S(=O)(=O)C[C@H](NC(=O)c1cccc(CC)c1)C(=O)O[C@H](CNCc1cccc(CC)c1)[C@@H](N)Cc1cc(F)cc(F)c1. The van der Waals surface area contributed by atoms with Crippen molar-refractivity contribution in [3.05, 3.63) is 106 Å². The van der Waals surface area contributed by atoms with Crippen molar-refractivity contribution in [2.24, 2.45) is 5.73 Å². The van der Waals surface area contributed by atoms with Gasteiger partial charge in [-0.05, 0) is 78.6 Å². The van der Waals surface area contributed by atoms with E-state index in [2.05, 4.69) is 23.6 Å². The Morgan fingerprint density at radius 2 is 1.41 bits per heavy atom. The van der Waals surface area contributed by atoms with E-state index in [0.29, 0.717) is 38.6 Å². The van der Waals surface area contributed by atoms with Gasteiger partial charge in [-0.15, -0.1) is 0 Å². The lowest BCUT2D eigenvalue weighted by atomic mass is 10.0. The van der Waals surface area contributed by atoms with Crippen molar-refractivity contribution < 1.29 is 31.5 Å². The van der Waals surface area contributed by atoms with Gasteiger partial charge in [0, 0.05) is 30.8 Å². The second-order valence-electron chi connectivity index (χ2n) is 12.5. The molecule has 0 saturated heterocycles. The topological polar surface area (TPSA) is 128 Å². The maximum absolute atomic E-state index is 14.0. The molecule has 0 aromatic heterocycles. The number of amides is 1. The third-order valence-corrected chi connectivity index (χ3v) is 10.8. The number of hydrogen-bond donors (Lipinski definition) is 3. The molecule has 1 amide bonds. The number of nitrogens with two attached hydrogens (primary N) is 1. The van der Waals surface area contributed by atoms with Crippen LogP contribution in [-0.2, 0) is 45.2 Å². The average Bonchev–Trinajstić information content (AvgIpc) is 3.06. The molecule has 3 rings (SSSR count). The average molecular weight is 700 g/mol. The molecular weight excluding hydrogens is 648 g/mol. The van der Waals surface area contributed by atoms with Crippen LogP contribution in [0, 0.1) is 11.6 Å². The normalized spacial score (nSPS) is 13.6. The smallest absolute Gasteiger partial charge is 0.330 e. The van der Waals surface area contributed by atoms with Crippen molar-refractivity contribution >= 4 is 21.7 Å². The summed E-state index contributed by atoms with van der Waals surface area (Å²) in [6.07, 6.45) is 2.59. The quantitative estimate of drug-likeness (QED) is 0.127. The fourth-order valence-corrected chi connectivity index (χ4v) is 7.97. The number of aryl methyl sites for hydroxylation is 2. The molecule has 0 saturated carbocycles. The molecule has 3 aromatic rings. The summed E-state index contributed by atoms with van der Waals surface area (Å²) in [7, 11) is -3.85. The molecule has 0 fully saturated rings. The summed E-state index contributed by atoms with van der Waals surface area (Å²) in [6.45, 7) is 8.27. The Morgan fingerprint density at radius 3 is 2.02 bits per heavy atom. The number of rotatable bonds is 20. The Labute approximate surface area is 290 Å². The van der Waals surface area contributed by atoms with Gasteiger partial charge in [0.2, 0.25) is 0 Å². The zero-order chi connectivity index (χ0) is 36.0. The van der Waals surface area contributed by atoms with E-state index in [1.54, 1.807) is 18.2 Å². The highest BCUT2D eigenvalue weighted by Gasteiger charge is 2.35. The van der Waals surface area contributed by atoms with Crippen molar-refractivity contribution in [3.63, 3.8) is 0 Å². The molecule has 0 aliphatic carbocycles. The summed E-state index contributed by atoms with van der Waals surface area (Å²) >= 11 is 0. The summed E-state index contributed by atoms with van der Waals surface area (Å²) in [6, 6.07) is 15.5. The minimum atomic E-state index is -3.85. The number of carbonyl (C=O) groups is 2. The first-order chi connectivity index (χ1) is 23.4. The monoisotopic (exact) mass is 699 g/mol. The Hall–Kier alpha value is -3.67. The number of nitrogens with one attached hydrogen (secondary N) is 2. The van der Waals surface area contributed by atoms with E-state index in [1.807, 2.05) is 45.0 Å². The molecule has 0 radical (unpaired) electrons. The van der Waals surface area contributed by atoms with E-state index in [-0.39, 0.29) is 24.1 Å². The van der Waals surface area contributed by atoms with E-state index in [1.165, 1.54) is 0 Å². The first-order valence-corrected chi connectivity index (χ1v) is 18.9. The first-order valence-electron chi connectivity index (χ1n) is 17.2. The van der Waals surface area contributed by atoms with E-state index in [9.17, 15) is 26.8 Å². The van der Waals surface area contributed by atoms with Gasteiger partial charge in [0.15, 0.2) is 9.84 Å². The summed E-state index contributed by atoms with van der Waals surface area (Å²) in [5.41, 5.74) is 10.1. The van der Waals surface area contributed by atoms with Gasteiger partial charge in [0.25, 0.3) is 5.91 Å². The Balaban J connectivity index is 1.91. The lowest BCUT2D eigenvalue weighted by Crippen LogP contribution is -2.52. The van der Waals surface area contributed by atoms with Gasteiger partial charge in [0.05, 0.1) is 11.0 Å². The second-order valence-corrected chi connectivity index (χ2v) is 14.9. The highest BCUT2D eigenvalue weighted by molar-refractivity contribution is 7.92. The van der Waals surface area contributed by atoms with Crippen molar-refractivity contribution in [3.8, 4) is 0 Å². The zero-order valence-corrected chi connectivity index (χ0v) is 29.8. The van der Waals surface area contributed by atoms with Crippen LogP contribution >= 0.6 is 0 Å². The molecule has 49 heavy (non-hydrogen) atoms. The van der Waals surface area contributed by atoms with Gasteiger partial charge in [-0.1, -0.05) is 76.9 Å². The van der Waals surface area contributed by atoms with Crippen LogP contribution in [-0.4, -0.2) is 56.0 Å². The molecule has 0 aliphatic rings. The van der Waals surface area contributed by atoms with Crippen LogP contribution in [0.1, 0.15) is 86.0 Å². The van der Waals surface area contributed by atoms with Gasteiger partial charge in [-0.25, -0.2) is 22.0 Å². The van der Waals surface area contributed by atoms with Crippen LogP contribution in [0.4, 0.5) is 8.78 Å².